The molecule has 3 atom stereocenters. The lowest BCUT2D eigenvalue weighted by Gasteiger charge is -2.29. The van der Waals surface area contributed by atoms with Crippen LogP contribution in [-0.2, 0) is 18.4 Å². The van der Waals surface area contributed by atoms with Crippen molar-refractivity contribution in [3.8, 4) is 0 Å². The van der Waals surface area contributed by atoms with Crippen molar-refractivity contribution in [1.82, 2.24) is 5.32 Å². The predicted octanol–water partition coefficient (Wildman–Crippen LogP) is 9.89. The molecule has 0 aliphatic carbocycles. The standard InChI is InChI=1S/C41H77N2O6P/c1-6-8-10-12-14-16-17-18-19-20-21-22-23-24-25-27-29-31-33-35-41(45)42-39(38-49-50(46,47)48-37-36-43(3,4)5)40(44)34-32-30-28-26-15-13-11-9-7-2/h7,9,15,20-21,26,32,34,39-40,44H,6,8,10-14,16-19,22-25,27-31,33,35-38H2,1-5H3,(H-,42,45,46,47)/b9-7+,21-20-,26-15+,34-32+. The van der Waals surface area contributed by atoms with Crippen molar-refractivity contribution in [3.05, 3.63) is 48.6 Å². The van der Waals surface area contributed by atoms with E-state index in [1.54, 1.807) is 6.08 Å². The van der Waals surface area contributed by atoms with Crippen LogP contribution in [0.5, 0.6) is 0 Å². The van der Waals surface area contributed by atoms with Gasteiger partial charge in [-0.05, 0) is 64.7 Å². The molecule has 2 N–H and O–H groups in total. The number of hydrogen-bond acceptors (Lipinski definition) is 6. The normalized spacial score (nSPS) is 15.1. The van der Waals surface area contributed by atoms with Gasteiger partial charge in [0, 0.05) is 6.42 Å². The molecule has 0 radical (unpaired) electrons. The van der Waals surface area contributed by atoms with E-state index in [1.807, 2.05) is 40.2 Å². The number of nitrogens with one attached hydrogen (secondary N) is 1. The summed E-state index contributed by atoms with van der Waals surface area (Å²) in [5.74, 6) is -0.222. The van der Waals surface area contributed by atoms with Gasteiger partial charge >= 0.3 is 0 Å². The van der Waals surface area contributed by atoms with Gasteiger partial charge in [-0.15, -0.1) is 0 Å². The van der Waals surface area contributed by atoms with Crippen molar-refractivity contribution in [1.29, 1.82) is 0 Å². The molecule has 0 saturated carbocycles. The highest BCUT2D eigenvalue weighted by molar-refractivity contribution is 7.45. The number of phosphoric acid groups is 1. The van der Waals surface area contributed by atoms with E-state index in [1.165, 1.54) is 89.9 Å². The van der Waals surface area contributed by atoms with Crippen molar-refractivity contribution in [3.63, 3.8) is 0 Å². The monoisotopic (exact) mass is 725 g/mol. The fraction of sp³-hybridized carbons (Fsp3) is 0.780. The fourth-order valence-corrected chi connectivity index (χ4v) is 6.08. The molecule has 0 bridgehead atoms. The molecule has 0 aromatic heterocycles. The molecule has 0 aromatic rings. The highest BCUT2D eigenvalue weighted by Crippen LogP contribution is 2.38. The summed E-state index contributed by atoms with van der Waals surface area (Å²) in [4.78, 5) is 25.1. The summed E-state index contributed by atoms with van der Waals surface area (Å²) in [6, 6.07) is -0.909. The van der Waals surface area contributed by atoms with Gasteiger partial charge in [0.05, 0.1) is 39.9 Å². The number of rotatable bonds is 35. The van der Waals surface area contributed by atoms with Crippen molar-refractivity contribution in [2.45, 2.75) is 167 Å². The Morgan fingerprint density at radius 3 is 1.74 bits per heavy atom. The van der Waals surface area contributed by atoms with Gasteiger partial charge in [0.1, 0.15) is 13.2 Å². The number of amides is 1. The van der Waals surface area contributed by atoms with Crippen LogP contribution in [-0.4, -0.2) is 68.5 Å². The molecule has 292 valence electrons. The molecule has 1 amide bonds. The maximum absolute atomic E-state index is 12.8. The topological polar surface area (TPSA) is 108 Å². The predicted molar refractivity (Wildman–Crippen MR) is 210 cm³/mol. The Balaban J connectivity index is 4.39. The molecule has 0 rings (SSSR count). The molecule has 0 aliphatic heterocycles. The first-order chi connectivity index (χ1) is 24.0. The molecule has 0 aliphatic rings. The summed E-state index contributed by atoms with van der Waals surface area (Å²) in [6.07, 6.45) is 40.4. The number of phosphoric ester groups is 1. The maximum atomic E-state index is 12.8. The smallest absolute Gasteiger partial charge is 0.268 e. The number of aliphatic hydroxyl groups excluding tert-OH is 1. The zero-order valence-corrected chi connectivity index (χ0v) is 33.7. The first-order valence-electron chi connectivity index (χ1n) is 20.0. The molecular weight excluding hydrogens is 647 g/mol. The quantitative estimate of drug-likeness (QED) is 0.0292. The van der Waals surface area contributed by atoms with Gasteiger partial charge in [-0.2, -0.15) is 0 Å². The Kier molecular flexibility index (Phi) is 32.3. The maximum Gasteiger partial charge on any atom is 0.268 e. The van der Waals surface area contributed by atoms with Gasteiger partial charge < -0.3 is 28.8 Å². The van der Waals surface area contributed by atoms with Gasteiger partial charge in [-0.1, -0.05) is 133 Å². The average Bonchev–Trinajstić information content (AvgIpc) is 3.06. The third-order valence-corrected chi connectivity index (χ3v) is 9.55. The summed E-state index contributed by atoms with van der Waals surface area (Å²) < 4.78 is 23.0. The van der Waals surface area contributed by atoms with E-state index in [0.29, 0.717) is 17.4 Å². The molecule has 8 nitrogen and oxygen atoms in total. The Morgan fingerprint density at radius 2 is 1.20 bits per heavy atom. The molecule has 0 aromatic carbocycles. The SMILES string of the molecule is C/C=C/CC/C=C/CC/C=C/C(O)C(COP(=O)([O-])OCC[N+](C)(C)C)NC(=O)CCCCCCCCC/C=C\CCCCCCCCCC. The van der Waals surface area contributed by atoms with Crippen LogP contribution in [0.2, 0.25) is 0 Å². The second-order valence-electron chi connectivity index (χ2n) is 14.6. The van der Waals surface area contributed by atoms with Crippen LogP contribution in [0.15, 0.2) is 48.6 Å². The Morgan fingerprint density at radius 1 is 0.720 bits per heavy atom. The Bertz CT molecular complexity index is 959. The number of hydrogen-bond donors (Lipinski definition) is 2. The highest BCUT2D eigenvalue weighted by atomic mass is 31.2. The van der Waals surface area contributed by atoms with Crippen molar-refractivity contribution >= 4 is 13.7 Å². The third-order valence-electron chi connectivity index (χ3n) is 8.58. The lowest BCUT2D eigenvalue weighted by Crippen LogP contribution is -2.45. The van der Waals surface area contributed by atoms with E-state index >= 15 is 0 Å². The van der Waals surface area contributed by atoms with E-state index in [0.717, 1.165) is 44.9 Å². The van der Waals surface area contributed by atoms with E-state index < -0.39 is 26.6 Å². The van der Waals surface area contributed by atoms with Crippen molar-refractivity contribution in [2.75, 3.05) is 40.9 Å². The number of unbranched alkanes of at least 4 members (excludes halogenated alkanes) is 17. The first kappa shape index (κ1) is 48.5. The lowest BCUT2D eigenvalue weighted by atomic mass is 10.1. The molecule has 50 heavy (non-hydrogen) atoms. The van der Waals surface area contributed by atoms with Crippen LogP contribution in [0, 0.1) is 0 Å². The van der Waals surface area contributed by atoms with Crippen LogP contribution in [0.3, 0.4) is 0 Å². The van der Waals surface area contributed by atoms with E-state index in [2.05, 4.69) is 42.6 Å². The minimum atomic E-state index is -4.59. The molecule has 0 heterocycles. The number of nitrogens with zero attached hydrogens (tertiary/aromatic N) is 1. The second-order valence-corrected chi connectivity index (χ2v) is 16.0. The summed E-state index contributed by atoms with van der Waals surface area (Å²) in [6.45, 7) is 4.35. The Labute approximate surface area is 308 Å². The number of carbonyl (C=O) groups is 1. The zero-order valence-electron chi connectivity index (χ0n) is 32.8. The molecule has 9 heteroatoms. The van der Waals surface area contributed by atoms with Crippen LogP contribution < -0.4 is 10.2 Å². The van der Waals surface area contributed by atoms with Gasteiger partial charge in [0.15, 0.2) is 0 Å². The van der Waals surface area contributed by atoms with Crippen LogP contribution in [0.25, 0.3) is 0 Å². The van der Waals surface area contributed by atoms with Gasteiger partial charge in [0.25, 0.3) is 7.82 Å². The van der Waals surface area contributed by atoms with Crippen LogP contribution in [0.4, 0.5) is 0 Å². The second kappa shape index (κ2) is 33.3. The molecule has 0 spiro atoms. The largest absolute Gasteiger partial charge is 0.756 e. The van der Waals surface area contributed by atoms with Crippen molar-refractivity contribution < 1.29 is 32.9 Å². The molecule has 0 saturated heterocycles. The number of aliphatic hydroxyl groups is 1. The van der Waals surface area contributed by atoms with Gasteiger partial charge in [-0.3, -0.25) is 9.36 Å². The number of likely N-dealkylation sites (N-methyl/N-ethyl adjacent to an activating group) is 1. The molecular formula is C41H77N2O6P. The van der Waals surface area contributed by atoms with Crippen LogP contribution >= 0.6 is 7.82 Å². The fourth-order valence-electron chi connectivity index (χ4n) is 5.36. The minimum absolute atomic E-state index is 0.0114. The highest BCUT2D eigenvalue weighted by Gasteiger charge is 2.23. The summed E-state index contributed by atoms with van der Waals surface area (Å²) in [5.41, 5.74) is 0. The average molecular weight is 725 g/mol. The molecule has 3 unspecified atom stereocenters. The van der Waals surface area contributed by atoms with E-state index in [4.69, 9.17) is 9.05 Å². The summed E-state index contributed by atoms with van der Waals surface area (Å²) >= 11 is 0. The third kappa shape index (κ3) is 34.9. The van der Waals surface area contributed by atoms with Gasteiger partial charge in [0.2, 0.25) is 5.91 Å². The minimum Gasteiger partial charge on any atom is -0.756 e. The Hall–Kier alpha value is -1.54. The van der Waals surface area contributed by atoms with E-state index in [-0.39, 0.29) is 12.5 Å². The first-order valence-corrected chi connectivity index (χ1v) is 21.4. The van der Waals surface area contributed by atoms with E-state index in [9.17, 15) is 19.4 Å². The number of carbonyl (C=O) groups excluding carboxylic acids is 1. The van der Waals surface area contributed by atoms with Gasteiger partial charge in [-0.25, -0.2) is 0 Å². The van der Waals surface area contributed by atoms with Crippen LogP contribution in [0.1, 0.15) is 155 Å². The summed E-state index contributed by atoms with van der Waals surface area (Å²) in [5, 5.41) is 13.6. The number of quaternary nitrogens is 1. The summed E-state index contributed by atoms with van der Waals surface area (Å²) in [7, 11) is 1.22. The zero-order chi connectivity index (χ0) is 37.2. The number of allylic oxidation sites excluding steroid dienone is 7. The lowest BCUT2D eigenvalue weighted by molar-refractivity contribution is -0.870. The molecule has 0 fully saturated rings. The van der Waals surface area contributed by atoms with Crippen molar-refractivity contribution in [2.24, 2.45) is 0 Å².